The fourth-order valence-electron chi connectivity index (χ4n) is 4.27. The van der Waals surface area contributed by atoms with E-state index in [0.29, 0.717) is 25.9 Å². The van der Waals surface area contributed by atoms with Gasteiger partial charge in [-0.25, -0.2) is 16.8 Å². The van der Waals surface area contributed by atoms with Gasteiger partial charge < -0.3 is 4.57 Å². The lowest BCUT2D eigenvalue weighted by Gasteiger charge is -2.31. The average Bonchev–Trinajstić information content (AvgIpc) is 2.95. The standard InChI is InChI=1S/C19H26N4O4S2/c1-28(24,25)16-7-4-5-8-17(16)29(26,27)22-13-10-15(11-14-22)19-21-20-18-9-3-2-6-12-23(18)19/h4-5,7-8,15H,2-3,6,9-14H2,1H3. The molecule has 3 heterocycles. The molecule has 4 rings (SSSR count). The van der Waals surface area contributed by atoms with Crippen LogP contribution in [0.5, 0.6) is 0 Å². The second-order valence-electron chi connectivity index (χ2n) is 7.83. The van der Waals surface area contributed by atoms with E-state index in [-0.39, 0.29) is 15.7 Å². The Hall–Kier alpha value is -1.78. The maximum absolute atomic E-state index is 13.2. The van der Waals surface area contributed by atoms with Crippen molar-refractivity contribution in [2.45, 2.75) is 60.8 Å². The molecular weight excluding hydrogens is 412 g/mol. The van der Waals surface area contributed by atoms with Crippen molar-refractivity contribution in [1.82, 2.24) is 19.1 Å². The van der Waals surface area contributed by atoms with Gasteiger partial charge in [0.05, 0.1) is 4.90 Å². The number of hydrogen-bond donors (Lipinski definition) is 0. The number of aromatic nitrogens is 3. The molecule has 0 atom stereocenters. The summed E-state index contributed by atoms with van der Waals surface area (Å²) in [6.07, 6.45) is 6.73. The minimum absolute atomic E-state index is 0.141. The molecule has 158 valence electrons. The molecule has 29 heavy (non-hydrogen) atoms. The van der Waals surface area contributed by atoms with Gasteiger partial charge >= 0.3 is 0 Å². The van der Waals surface area contributed by atoms with E-state index in [9.17, 15) is 16.8 Å². The van der Waals surface area contributed by atoms with Gasteiger partial charge in [0, 0.05) is 38.2 Å². The van der Waals surface area contributed by atoms with Gasteiger partial charge in [0.2, 0.25) is 10.0 Å². The maximum atomic E-state index is 13.2. The zero-order valence-corrected chi connectivity index (χ0v) is 18.1. The van der Waals surface area contributed by atoms with E-state index in [1.807, 2.05) is 0 Å². The van der Waals surface area contributed by atoms with E-state index in [2.05, 4.69) is 14.8 Å². The summed E-state index contributed by atoms with van der Waals surface area (Å²) in [4.78, 5) is -0.290. The Kier molecular flexibility index (Phi) is 5.52. The van der Waals surface area contributed by atoms with Gasteiger partial charge in [-0.1, -0.05) is 18.6 Å². The van der Waals surface area contributed by atoms with Crippen molar-refractivity contribution < 1.29 is 16.8 Å². The van der Waals surface area contributed by atoms with E-state index >= 15 is 0 Å². The summed E-state index contributed by atoms with van der Waals surface area (Å²) < 4.78 is 54.0. The molecular formula is C19H26N4O4S2. The average molecular weight is 439 g/mol. The van der Waals surface area contributed by atoms with Crippen LogP contribution in [0, 0.1) is 0 Å². The van der Waals surface area contributed by atoms with Gasteiger partial charge in [-0.3, -0.25) is 0 Å². The van der Waals surface area contributed by atoms with E-state index in [4.69, 9.17) is 0 Å². The Balaban J connectivity index is 1.54. The molecule has 1 saturated heterocycles. The minimum atomic E-state index is -3.88. The van der Waals surface area contributed by atoms with E-state index in [1.54, 1.807) is 12.1 Å². The first kappa shape index (κ1) is 20.5. The smallest absolute Gasteiger partial charge is 0.244 e. The summed E-state index contributed by atoms with van der Waals surface area (Å²) in [5.41, 5.74) is 0. The zero-order valence-electron chi connectivity index (χ0n) is 16.5. The second-order valence-corrected chi connectivity index (χ2v) is 11.7. The van der Waals surface area contributed by atoms with Crippen molar-refractivity contribution >= 4 is 19.9 Å². The summed E-state index contributed by atoms with van der Waals surface area (Å²) >= 11 is 0. The Labute approximate surface area is 171 Å². The summed E-state index contributed by atoms with van der Waals surface area (Å²) in [5.74, 6) is 2.18. The third-order valence-corrected chi connectivity index (χ3v) is 9.06. The number of rotatable bonds is 4. The van der Waals surface area contributed by atoms with E-state index < -0.39 is 19.9 Å². The molecule has 0 unspecified atom stereocenters. The first-order valence-corrected chi connectivity index (χ1v) is 13.3. The fraction of sp³-hybridized carbons (Fsp3) is 0.579. The number of hydrogen-bond acceptors (Lipinski definition) is 6. The van der Waals surface area contributed by atoms with Crippen LogP contribution in [-0.2, 0) is 32.8 Å². The fourth-order valence-corrected chi connectivity index (χ4v) is 7.34. The Morgan fingerprint density at radius 1 is 0.897 bits per heavy atom. The van der Waals surface area contributed by atoms with Gasteiger partial charge in [0.25, 0.3) is 0 Å². The molecule has 0 N–H and O–H groups in total. The van der Waals surface area contributed by atoms with E-state index in [0.717, 1.165) is 43.7 Å². The number of sulfone groups is 1. The van der Waals surface area contributed by atoms with Crippen LogP contribution in [0.1, 0.15) is 49.7 Å². The predicted molar refractivity (Wildman–Crippen MR) is 108 cm³/mol. The maximum Gasteiger partial charge on any atom is 0.244 e. The molecule has 2 aliphatic heterocycles. The Morgan fingerprint density at radius 3 is 2.28 bits per heavy atom. The number of nitrogens with zero attached hydrogens (tertiary/aromatic N) is 4. The summed E-state index contributed by atoms with van der Waals surface area (Å²) in [6.45, 7) is 1.61. The number of benzene rings is 1. The minimum Gasteiger partial charge on any atom is -0.315 e. The summed E-state index contributed by atoms with van der Waals surface area (Å²) in [7, 11) is -7.52. The van der Waals surface area contributed by atoms with Crippen LogP contribution in [0.2, 0.25) is 0 Å². The normalized spacial score (nSPS) is 19.6. The molecule has 0 spiro atoms. The SMILES string of the molecule is CS(=O)(=O)c1ccccc1S(=O)(=O)N1CCC(c2nnc3n2CCCCC3)CC1. The van der Waals surface area contributed by atoms with Crippen LogP contribution in [0.4, 0.5) is 0 Å². The van der Waals surface area contributed by atoms with Gasteiger partial charge in [-0.15, -0.1) is 10.2 Å². The van der Waals surface area contributed by atoms with Crippen LogP contribution in [0.15, 0.2) is 34.1 Å². The number of piperidine rings is 1. The van der Waals surface area contributed by atoms with Crippen LogP contribution in [0.3, 0.4) is 0 Å². The van der Waals surface area contributed by atoms with Crippen LogP contribution < -0.4 is 0 Å². The van der Waals surface area contributed by atoms with Crippen molar-refractivity contribution in [2.75, 3.05) is 19.3 Å². The molecule has 1 fully saturated rings. The quantitative estimate of drug-likeness (QED) is 0.723. The molecule has 2 aromatic rings. The van der Waals surface area contributed by atoms with Gasteiger partial charge in [0.15, 0.2) is 9.84 Å². The molecule has 0 radical (unpaired) electrons. The van der Waals surface area contributed by atoms with Crippen molar-refractivity contribution in [2.24, 2.45) is 0 Å². The molecule has 1 aromatic heterocycles. The first-order valence-electron chi connectivity index (χ1n) is 9.99. The van der Waals surface area contributed by atoms with Crippen molar-refractivity contribution in [3.05, 3.63) is 35.9 Å². The molecule has 10 heteroatoms. The predicted octanol–water partition coefficient (Wildman–Crippen LogP) is 1.98. The summed E-state index contributed by atoms with van der Waals surface area (Å²) in [6, 6.07) is 5.81. The summed E-state index contributed by atoms with van der Waals surface area (Å²) in [5, 5.41) is 8.78. The lowest BCUT2D eigenvalue weighted by atomic mass is 9.97. The molecule has 1 aromatic carbocycles. The highest BCUT2D eigenvalue weighted by Gasteiger charge is 2.34. The number of sulfonamides is 1. The highest BCUT2D eigenvalue weighted by atomic mass is 32.2. The molecule has 8 nitrogen and oxygen atoms in total. The zero-order chi connectivity index (χ0) is 20.6. The highest BCUT2D eigenvalue weighted by molar-refractivity contribution is 7.93. The van der Waals surface area contributed by atoms with Gasteiger partial charge in [0.1, 0.15) is 16.5 Å². The van der Waals surface area contributed by atoms with Crippen molar-refractivity contribution in [1.29, 1.82) is 0 Å². The molecule has 2 aliphatic rings. The monoisotopic (exact) mass is 438 g/mol. The largest absolute Gasteiger partial charge is 0.315 e. The second kappa shape index (κ2) is 7.81. The van der Waals surface area contributed by atoms with Crippen LogP contribution >= 0.6 is 0 Å². The third kappa shape index (κ3) is 3.97. The van der Waals surface area contributed by atoms with Crippen molar-refractivity contribution in [3.63, 3.8) is 0 Å². The lowest BCUT2D eigenvalue weighted by Crippen LogP contribution is -2.38. The van der Waals surface area contributed by atoms with Crippen molar-refractivity contribution in [3.8, 4) is 0 Å². The molecule has 0 saturated carbocycles. The third-order valence-electron chi connectivity index (χ3n) is 5.82. The van der Waals surface area contributed by atoms with Crippen LogP contribution in [-0.4, -0.2) is 55.3 Å². The van der Waals surface area contributed by atoms with Gasteiger partial charge in [-0.2, -0.15) is 4.31 Å². The van der Waals surface area contributed by atoms with E-state index in [1.165, 1.54) is 22.9 Å². The highest BCUT2D eigenvalue weighted by Crippen LogP contribution is 2.32. The topological polar surface area (TPSA) is 102 Å². The number of aryl methyl sites for hydroxylation is 1. The number of fused-ring (bicyclic) bond motifs is 1. The molecule has 0 aliphatic carbocycles. The molecule has 0 bridgehead atoms. The van der Waals surface area contributed by atoms with Gasteiger partial charge in [-0.05, 0) is 37.8 Å². The Morgan fingerprint density at radius 2 is 1.59 bits per heavy atom. The van der Waals surface area contributed by atoms with Crippen LogP contribution in [0.25, 0.3) is 0 Å². The molecule has 0 amide bonds. The first-order chi connectivity index (χ1) is 13.8. The lowest BCUT2D eigenvalue weighted by molar-refractivity contribution is 0.308. The Bertz CT molecular complexity index is 1100.